The zero-order valence-electron chi connectivity index (χ0n) is 22.5. The molecular formula is C33H40N2O2S. The zero-order valence-corrected chi connectivity index (χ0v) is 23.3. The van der Waals surface area contributed by atoms with Gasteiger partial charge in [-0.25, -0.2) is 0 Å². The molecule has 38 heavy (non-hydrogen) atoms. The first-order valence-electron chi connectivity index (χ1n) is 13.9. The number of carbonyl (C=O) groups is 2. The van der Waals surface area contributed by atoms with Crippen LogP contribution in [0, 0.1) is 6.92 Å². The first-order chi connectivity index (χ1) is 18.6. The predicted molar refractivity (Wildman–Crippen MR) is 158 cm³/mol. The van der Waals surface area contributed by atoms with Gasteiger partial charge in [0.1, 0.15) is 6.04 Å². The number of rotatable bonds is 12. The Labute approximate surface area is 232 Å². The largest absolute Gasteiger partial charge is 0.352 e. The van der Waals surface area contributed by atoms with Crippen molar-refractivity contribution in [1.82, 2.24) is 10.2 Å². The molecule has 1 unspecified atom stereocenters. The monoisotopic (exact) mass is 528 g/mol. The summed E-state index contributed by atoms with van der Waals surface area (Å²) in [6, 6.07) is 28.3. The first kappa shape index (κ1) is 28.0. The number of benzene rings is 3. The molecule has 1 fully saturated rings. The van der Waals surface area contributed by atoms with E-state index in [1.165, 1.54) is 12.0 Å². The number of thioether (sulfide) groups is 1. The molecule has 200 valence electrons. The second kappa shape index (κ2) is 14.8. The minimum Gasteiger partial charge on any atom is -0.352 e. The van der Waals surface area contributed by atoms with E-state index in [1.54, 1.807) is 11.8 Å². The maximum absolute atomic E-state index is 13.8. The van der Waals surface area contributed by atoms with Gasteiger partial charge >= 0.3 is 0 Å². The van der Waals surface area contributed by atoms with Gasteiger partial charge in [-0.1, -0.05) is 110 Å². The van der Waals surface area contributed by atoms with E-state index in [-0.39, 0.29) is 17.9 Å². The summed E-state index contributed by atoms with van der Waals surface area (Å²) in [7, 11) is 0. The quantitative estimate of drug-likeness (QED) is 0.266. The standard InChI is InChI=1S/C33H40N2O2S/c1-26-12-11-17-29(22-26)24-35(32(36)20-21-38-25-28-15-7-3-8-16-28)31(23-27-13-5-2-6-14-27)33(37)34-30-18-9-4-10-19-30/h2-3,5-8,11-17,22,30-31H,4,9-10,18-21,23-25H2,1H3,(H,34,37). The fraction of sp³-hybridized carbons (Fsp3) is 0.394. The number of nitrogens with one attached hydrogen (secondary N) is 1. The van der Waals surface area contributed by atoms with Gasteiger partial charge in [0.15, 0.2) is 0 Å². The van der Waals surface area contributed by atoms with Crippen LogP contribution in [-0.4, -0.2) is 34.6 Å². The van der Waals surface area contributed by atoms with Gasteiger partial charge in [-0.3, -0.25) is 9.59 Å². The third-order valence-corrected chi connectivity index (χ3v) is 8.26. The molecule has 3 aromatic rings. The molecule has 2 amide bonds. The molecule has 0 spiro atoms. The molecule has 1 saturated carbocycles. The summed E-state index contributed by atoms with van der Waals surface area (Å²) in [4.78, 5) is 29.5. The summed E-state index contributed by atoms with van der Waals surface area (Å²) >= 11 is 1.77. The van der Waals surface area contributed by atoms with E-state index >= 15 is 0 Å². The lowest BCUT2D eigenvalue weighted by Gasteiger charge is -2.33. The number of aryl methyl sites for hydroxylation is 1. The van der Waals surface area contributed by atoms with Crippen molar-refractivity contribution in [2.45, 2.75) is 76.3 Å². The number of carbonyl (C=O) groups excluding carboxylic acids is 2. The summed E-state index contributed by atoms with van der Waals surface area (Å²) in [6.45, 7) is 2.49. The second-order valence-corrected chi connectivity index (χ2v) is 11.5. The summed E-state index contributed by atoms with van der Waals surface area (Å²) in [5, 5.41) is 3.32. The summed E-state index contributed by atoms with van der Waals surface area (Å²) in [6.07, 6.45) is 6.49. The molecule has 0 bridgehead atoms. The molecule has 0 saturated heterocycles. The predicted octanol–water partition coefficient (Wildman–Crippen LogP) is 6.71. The molecule has 1 atom stereocenters. The van der Waals surface area contributed by atoms with Gasteiger partial charge in [0.2, 0.25) is 11.8 Å². The van der Waals surface area contributed by atoms with E-state index < -0.39 is 6.04 Å². The van der Waals surface area contributed by atoms with Gasteiger partial charge in [0.25, 0.3) is 0 Å². The fourth-order valence-electron chi connectivity index (χ4n) is 5.17. The number of hydrogen-bond donors (Lipinski definition) is 1. The highest BCUT2D eigenvalue weighted by Gasteiger charge is 2.31. The molecule has 5 heteroatoms. The summed E-state index contributed by atoms with van der Waals surface area (Å²) in [5.74, 6) is 1.60. The lowest BCUT2D eigenvalue weighted by molar-refractivity contribution is -0.141. The van der Waals surface area contributed by atoms with E-state index in [0.29, 0.717) is 19.4 Å². The molecule has 3 aromatic carbocycles. The molecule has 0 aromatic heterocycles. The first-order valence-corrected chi connectivity index (χ1v) is 15.0. The average Bonchev–Trinajstić information content (AvgIpc) is 2.94. The van der Waals surface area contributed by atoms with Gasteiger partial charge in [0, 0.05) is 36.9 Å². The molecule has 0 aliphatic heterocycles. The molecule has 4 rings (SSSR count). The van der Waals surface area contributed by atoms with Crippen LogP contribution in [0.3, 0.4) is 0 Å². The van der Waals surface area contributed by atoms with E-state index in [4.69, 9.17) is 0 Å². The molecule has 4 nitrogen and oxygen atoms in total. The molecular weight excluding hydrogens is 488 g/mol. The minimum absolute atomic E-state index is 0.0290. The molecule has 1 aliphatic rings. The SMILES string of the molecule is Cc1cccc(CN(C(=O)CCSCc2ccccc2)C(Cc2ccccc2)C(=O)NC2CCCCC2)c1. The average molecular weight is 529 g/mol. The summed E-state index contributed by atoms with van der Waals surface area (Å²) in [5.41, 5.74) is 4.53. The Balaban J connectivity index is 1.52. The van der Waals surface area contributed by atoms with Crippen molar-refractivity contribution < 1.29 is 9.59 Å². The van der Waals surface area contributed by atoms with E-state index in [2.05, 4.69) is 42.6 Å². The lowest BCUT2D eigenvalue weighted by atomic mass is 9.94. The van der Waals surface area contributed by atoms with Crippen LogP contribution in [0.4, 0.5) is 0 Å². The maximum atomic E-state index is 13.8. The van der Waals surface area contributed by atoms with Crippen molar-refractivity contribution in [2.24, 2.45) is 0 Å². The van der Waals surface area contributed by atoms with Crippen LogP contribution >= 0.6 is 11.8 Å². The molecule has 0 radical (unpaired) electrons. The van der Waals surface area contributed by atoms with Crippen LogP contribution in [-0.2, 0) is 28.3 Å². The maximum Gasteiger partial charge on any atom is 0.243 e. The van der Waals surface area contributed by atoms with Gasteiger partial charge < -0.3 is 10.2 Å². The fourth-order valence-corrected chi connectivity index (χ4v) is 6.06. The van der Waals surface area contributed by atoms with Crippen molar-refractivity contribution in [3.63, 3.8) is 0 Å². The van der Waals surface area contributed by atoms with Crippen LogP contribution in [0.2, 0.25) is 0 Å². The van der Waals surface area contributed by atoms with Crippen molar-refractivity contribution >= 4 is 23.6 Å². The van der Waals surface area contributed by atoms with E-state index in [0.717, 1.165) is 53.9 Å². The van der Waals surface area contributed by atoms with Crippen molar-refractivity contribution in [3.8, 4) is 0 Å². The minimum atomic E-state index is -0.550. The smallest absolute Gasteiger partial charge is 0.243 e. The molecule has 0 heterocycles. The Bertz CT molecular complexity index is 1150. The van der Waals surface area contributed by atoms with Crippen molar-refractivity contribution in [3.05, 3.63) is 107 Å². The molecule has 1 N–H and O–H groups in total. The van der Waals surface area contributed by atoms with Crippen molar-refractivity contribution in [2.75, 3.05) is 5.75 Å². The highest BCUT2D eigenvalue weighted by molar-refractivity contribution is 7.98. The van der Waals surface area contributed by atoms with Gasteiger partial charge in [0.05, 0.1) is 0 Å². The topological polar surface area (TPSA) is 49.4 Å². The van der Waals surface area contributed by atoms with Gasteiger partial charge in [-0.15, -0.1) is 0 Å². The second-order valence-electron chi connectivity index (χ2n) is 10.3. The van der Waals surface area contributed by atoms with Crippen LogP contribution in [0.5, 0.6) is 0 Å². The highest BCUT2D eigenvalue weighted by Crippen LogP contribution is 2.21. The number of nitrogens with zero attached hydrogens (tertiary/aromatic N) is 1. The Morgan fingerprint density at radius 1 is 0.868 bits per heavy atom. The number of hydrogen-bond acceptors (Lipinski definition) is 3. The van der Waals surface area contributed by atoms with Gasteiger partial charge in [-0.05, 0) is 36.5 Å². The third-order valence-electron chi connectivity index (χ3n) is 7.23. The normalized spacial score (nSPS) is 14.6. The van der Waals surface area contributed by atoms with Gasteiger partial charge in [-0.2, -0.15) is 11.8 Å². The Morgan fingerprint density at radius 3 is 2.21 bits per heavy atom. The number of amides is 2. The third kappa shape index (κ3) is 8.76. The van der Waals surface area contributed by atoms with Crippen LogP contribution in [0.15, 0.2) is 84.9 Å². The van der Waals surface area contributed by atoms with E-state index in [9.17, 15) is 9.59 Å². The lowest BCUT2D eigenvalue weighted by Crippen LogP contribution is -2.53. The Hall–Kier alpha value is -3.05. The van der Waals surface area contributed by atoms with Crippen LogP contribution in [0.1, 0.15) is 60.8 Å². The Morgan fingerprint density at radius 2 is 1.53 bits per heavy atom. The highest BCUT2D eigenvalue weighted by atomic mass is 32.2. The zero-order chi connectivity index (χ0) is 26.6. The summed E-state index contributed by atoms with van der Waals surface area (Å²) < 4.78 is 0. The van der Waals surface area contributed by atoms with Crippen LogP contribution in [0.25, 0.3) is 0 Å². The molecule has 1 aliphatic carbocycles. The van der Waals surface area contributed by atoms with Crippen LogP contribution < -0.4 is 5.32 Å². The Kier molecular flexibility index (Phi) is 10.9. The van der Waals surface area contributed by atoms with E-state index in [1.807, 2.05) is 59.5 Å². The van der Waals surface area contributed by atoms with Crippen molar-refractivity contribution in [1.29, 1.82) is 0 Å².